The van der Waals surface area contributed by atoms with E-state index in [1.165, 1.54) is 4.88 Å². The number of aliphatic imine (C=N–C) groups is 1. The molecule has 1 aromatic carbocycles. The first-order chi connectivity index (χ1) is 13.6. The van der Waals surface area contributed by atoms with Gasteiger partial charge in [0.05, 0.1) is 19.7 Å². The van der Waals surface area contributed by atoms with E-state index in [4.69, 9.17) is 4.74 Å². The fourth-order valence-electron chi connectivity index (χ4n) is 2.53. The molecule has 0 aliphatic rings. The molecule has 0 atom stereocenters. The smallest absolute Gasteiger partial charge is 0.191 e. The Balaban J connectivity index is 1.82. The molecular weight excluding hydrogens is 370 g/mol. The molecule has 28 heavy (non-hydrogen) atoms. The van der Waals surface area contributed by atoms with Crippen molar-refractivity contribution in [2.45, 2.75) is 39.8 Å². The lowest BCUT2D eigenvalue weighted by Gasteiger charge is -2.11. The molecule has 1 heterocycles. The largest absolute Gasteiger partial charge is 0.494 e. The van der Waals surface area contributed by atoms with Crippen LogP contribution >= 0.6 is 11.3 Å². The molecule has 2 rings (SSSR count). The first-order valence-corrected chi connectivity index (χ1v) is 10.7. The minimum Gasteiger partial charge on any atom is -0.494 e. The van der Waals surface area contributed by atoms with Crippen LogP contribution in [0.5, 0.6) is 5.75 Å². The standard InChI is InChI=1S/C21H33N5OS/c1-5-19-15-23-20(28-19)16-25-21(22-6-2)24-14-17-8-10-18(11-9-17)27-13-7-12-26(3)4/h8-11,15H,5-7,12-14,16H2,1-4H3,(H2,22,24,25). The summed E-state index contributed by atoms with van der Waals surface area (Å²) in [4.78, 5) is 12.6. The second-order valence-electron chi connectivity index (χ2n) is 6.77. The van der Waals surface area contributed by atoms with Gasteiger partial charge in [-0.15, -0.1) is 11.3 Å². The molecule has 0 unspecified atom stereocenters. The number of thiazole rings is 1. The third-order valence-electron chi connectivity index (χ3n) is 4.06. The highest BCUT2D eigenvalue weighted by molar-refractivity contribution is 7.11. The van der Waals surface area contributed by atoms with E-state index >= 15 is 0 Å². The molecule has 0 aliphatic carbocycles. The van der Waals surface area contributed by atoms with Crippen LogP contribution in [0.3, 0.4) is 0 Å². The average Bonchev–Trinajstić information content (AvgIpc) is 3.16. The highest BCUT2D eigenvalue weighted by Gasteiger charge is 2.03. The van der Waals surface area contributed by atoms with Gasteiger partial charge in [0, 0.05) is 24.2 Å². The van der Waals surface area contributed by atoms with Crippen LogP contribution in [0.1, 0.15) is 35.7 Å². The normalized spacial score (nSPS) is 11.7. The van der Waals surface area contributed by atoms with Gasteiger partial charge in [-0.25, -0.2) is 9.98 Å². The summed E-state index contributed by atoms with van der Waals surface area (Å²) in [6, 6.07) is 8.18. The van der Waals surface area contributed by atoms with Crippen molar-refractivity contribution in [3.8, 4) is 5.75 Å². The van der Waals surface area contributed by atoms with Gasteiger partial charge in [0.15, 0.2) is 5.96 Å². The molecule has 6 nitrogen and oxygen atoms in total. The quantitative estimate of drug-likeness (QED) is 0.342. The number of benzene rings is 1. The molecule has 0 saturated carbocycles. The number of guanidine groups is 1. The summed E-state index contributed by atoms with van der Waals surface area (Å²) in [5, 5.41) is 7.73. The van der Waals surface area contributed by atoms with Gasteiger partial charge in [0.2, 0.25) is 0 Å². The number of aromatic nitrogens is 1. The monoisotopic (exact) mass is 403 g/mol. The topological polar surface area (TPSA) is 61.8 Å². The minimum atomic E-state index is 0.619. The summed E-state index contributed by atoms with van der Waals surface area (Å²) in [6.45, 7) is 8.12. The third kappa shape index (κ3) is 8.27. The predicted octanol–water partition coefficient (Wildman–Crippen LogP) is 3.29. The van der Waals surface area contributed by atoms with Crippen LogP contribution in [-0.4, -0.2) is 49.6 Å². The maximum Gasteiger partial charge on any atom is 0.191 e. The Morgan fingerprint density at radius 2 is 1.96 bits per heavy atom. The summed E-state index contributed by atoms with van der Waals surface area (Å²) in [7, 11) is 4.15. The molecule has 0 aliphatic heterocycles. The van der Waals surface area contributed by atoms with Gasteiger partial charge < -0.3 is 20.3 Å². The first kappa shape index (κ1) is 22.2. The second-order valence-corrected chi connectivity index (χ2v) is 7.97. The third-order valence-corrected chi connectivity index (χ3v) is 5.20. The van der Waals surface area contributed by atoms with Crippen LogP contribution in [-0.2, 0) is 19.5 Å². The SMILES string of the molecule is CCNC(=NCc1ccc(OCCCN(C)C)cc1)NCc1ncc(CC)s1. The minimum absolute atomic E-state index is 0.619. The molecular formula is C21H33N5OS. The maximum absolute atomic E-state index is 5.78. The van der Waals surface area contributed by atoms with Crippen molar-refractivity contribution in [2.24, 2.45) is 4.99 Å². The van der Waals surface area contributed by atoms with Gasteiger partial charge in [0.25, 0.3) is 0 Å². The molecule has 1 aromatic heterocycles. The summed E-state index contributed by atoms with van der Waals surface area (Å²) >= 11 is 1.75. The van der Waals surface area contributed by atoms with Crippen LogP contribution in [0.2, 0.25) is 0 Å². The van der Waals surface area contributed by atoms with Gasteiger partial charge in [-0.1, -0.05) is 19.1 Å². The molecule has 0 amide bonds. The average molecular weight is 404 g/mol. The van der Waals surface area contributed by atoms with Crippen LogP contribution in [0, 0.1) is 0 Å². The van der Waals surface area contributed by atoms with E-state index in [9.17, 15) is 0 Å². The van der Waals surface area contributed by atoms with Crippen molar-refractivity contribution < 1.29 is 4.74 Å². The van der Waals surface area contributed by atoms with Crippen LogP contribution in [0.15, 0.2) is 35.5 Å². The Morgan fingerprint density at radius 1 is 1.18 bits per heavy atom. The highest BCUT2D eigenvalue weighted by Crippen LogP contribution is 2.14. The van der Waals surface area contributed by atoms with Gasteiger partial charge in [-0.3, -0.25) is 0 Å². The molecule has 0 spiro atoms. The summed E-state index contributed by atoms with van der Waals surface area (Å²) in [5.74, 6) is 1.71. The Morgan fingerprint density at radius 3 is 2.61 bits per heavy atom. The highest BCUT2D eigenvalue weighted by atomic mass is 32.1. The Hall–Kier alpha value is -2.12. The number of hydrogen-bond acceptors (Lipinski definition) is 5. The van der Waals surface area contributed by atoms with E-state index in [0.29, 0.717) is 13.1 Å². The maximum atomic E-state index is 5.78. The van der Waals surface area contributed by atoms with E-state index in [1.54, 1.807) is 11.3 Å². The number of nitrogens with zero attached hydrogens (tertiary/aromatic N) is 3. The number of ether oxygens (including phenoxy) is 1. The van der Waals surface area contributed by atoms with Crippen molar-refractivity contribution >= 4 is 17.3 Å². The molecule has 2 aromatic rings. The number of nitrogens with one attached hydrogen (secondary N) is 2. The van der Waals surface area contributed by atoms with Crippen LogP contribution in [0.25, 0.3) is 0 Å². The lowest BCUT2D eigenvalue weighted by atomic mass is 10.2. The van der Waals surface area contributed by atoms with Gasteiger partial charge in [-0.05, 0) is 51.6 Å². The zero-order valence-corrected chi connectivity index (χ0v) is 18.3. The summed E-state index contributed by atoms with van der Waals surface area (Å²) in [5.41, 5.74) is 1.15. The van der Waals surface area contributed by atoms with E-state index in [2.05, 4.69) is 65.6 Å². The first-order valence-electron chi connectivity index (χ1n) is 9.93. The molecule has 0 bridgehead atoms. The Labute approximate surface area is 173 Å². The van der Waals surface area contributed by atoms with E-state index in [-0.39, 0.29) is 0 Å². The second kappa shape index (κ2) is 12.4. The zero-order valence-electron chi connectivity index (χ0n) is 17.5. The lowest BCUT2D eigenvalue weighted by Crippen LogP contribution is -2.36. The van der Waals surface area contributed by atoms with Gasteiger partial charge >= 0.3 is 0 Å². The van der Waals surface area contributed by atoms with Crippen LogP contribution in [0.4, 0.5) is 0 Å². The number of hydrogen-bond donors (Lipinski definition) is 2. The van der Waals surface area contributed by atoms with Crippen molar-refractivity contribution in [1.82, 2.24) is 20.5 Å². The molecule has 0 saturated heterocycles. The number of aryl methyl sites for hydroxylation is 1. The van der Waals surface area contributed by atoms with E-state index in [1.807, 2.05) is 18.3 Å². The Bertz CT molecular complexity index is 712. The van der Waals surface area contributed by atoms with E-state index < -0.39 is 0 Å². The molecule has 154 valence electrons. The van der Waals surface area contributed by atoms with E-state index in [0.717, 1.165) is 54.8 Å². The van der Waals surface area contributed by atoms with Crippen molar-refractivity contribution in [1.29, 1.82) is 0 Å². The number of rotatable bonds is 11. The zero-order chi connectivity index (χ0) is 20.2. The van der Waals surface area contributed by atoms with Crippen molar-refractivity contribution in [3.05, 3.63) is 45.9 Å². The van der Waals surface area contributed by atoms with Crippen molar-refractivity contribution in [2.75, 3.05) is 33.8 Å². The fraction of sp³-hybridized carbons (Fsp3) is 0.524. The van der Waals surface area contributed by atoms with Gasteiger partial charge in [0.1, 0.15) is 10.8 Å². The Kier molecular flexibility index (Phi) is 9.79. The lowest BCUT2D eigenvalue weighted by molar-refractivity contribution is 0.281. The molecule has 2 N–H and O–H groups in total. The fourth-order valence-corrected chi connectivity index (χ4v) is 3.33. The predicted molar refractivity (Wildman–Crippen MR) is 118 cm³/mol. The van der Waals surface area contributed by atoms with Crippen LogP contribution < -0.4 is 15.4 Å². The van der Waals surface area contributed by atoms with Crippen molar-refractivity contribution in [3.63, 3.8) is 0 Å². The summed E-state index contributed by atoms with van der Waals surface area (Å²) in [6.07, 6.45) is 4.01. The molecule has 0 radical (unpaired) electrons. The molecule has 7 heteroatoms. The summed E-state index contributed by atoms with van der Waals surface area (Å²) < 4.78 is 5.78. The van der Waals surface area contributed by atoms with Gasteiger partial charge in [-0.2, -0.15) is 0 Å². The molecule has 0 fully saturated rings.